The van der Waals surface area contributed by atoms with Gasteiger partial charge in [0.05, 0.1) is 6.42 Å². The molecule has 0 bridgehead atoms. The van der Waals surface area contributed by atoms with Crippen molar-refractivity contribution in [3.8, 4) is 11.1 Å². The number of carbonyl (C=O) groups excluding carboxylic acids is 2. The Morgan fingerprint density at radius 2 is 1.62 bits per heavy atom. The predicted molar refractivity (Wildman–Crippen MR) is 131 cm³/mol. The molecule has 1 aliphatic carbocycles. The number of carboxylic acid groups (broad SMARTS) is 1. The fourth-order valence-corrected chi connectivity index (χ4v) is 4.47. The van der Waals surface area contributed by atoms with Gasteiger partial charge in [-0.05, 0) is 41.0 Å². The number of alkyl carbamates (subject to hydrolysis) is 1. The first-order valence-electron chi connectivity index (χ1n) is 12.0. The summed E-state index contributed by atoms with van der Waals surface area (Å²) in [5.74, 6) is -0.983. The van der Waals surface area contributed by atoms with Gasteiger partial charge in [-0.25, -0.2) is 4.79 Å². The van der Waals surface area contributed by atoms with Gasteiger partial charge in [-0.2, -0.15) is 0 Å². The van der Waals surface area contributed by atoms with Crippen LogP contribution in [0.2, 0.25) is 0 Å². The molecule has 2 amide bonds. The number of hydrogen-bond acceptors (Lipinski definition) is 4. The summed E-state index contributed by atoms with van der Waals surface area (Å²) in [7, 11) is 0. The fourth-order valence-electron chi connectivity index (χ4n) is 4.47. The average molecular weight is 467 g/mol. The van der Waals surface area contributed by atoms with Crippen LogP contribution in [0.5, 0.6) is 0 Å². The molecule has 34 heavy (non-hydrogen) atoms. The van der Waals surface area contributed by atoms with Crippen LogP contribution in [0, 0.1) is 5.92 Å². The van der Waals surface area contributed by atoms with Gasteiger partial charge in [0, 0.05) is 24.9 Å². The van der Waals surface area contributed by atoms with Gasteiger partial charge in [0.1, 0.15) is 6.61 Å². The Morgan fingerprint density at radius 3 is 2.21 bits per heavy atom. The topological polar surface area (TPSA) is 105 Å². The number of benzene rings is 2. The summed E-state index contributed by atoms with van der Waals surface area (Å²) in [5.41, 5.74) is 4.70. The largest absolute Gasteiger partial charge is 0.481 e. The van der Waals surface area contributed by atoms with Gasteiger partial charge >= 0.3 is 12.1 Å². The highest BCUT2D eigenvalue weighted by Crippen LogP contribution is 2.44. The summed E-state index contributed by atoms with van der Waals surface area (Å²) < 4.78 is 5.55. The second kappa shape index (κ2) is 12.2. The van der Waals surface area contributed by atoms with Crippen LogP contribution < -0.4 is 10.6 Å². The Kier molecular flexibility index (Phi) is 9.08. The number of hydrogen-bond donors (Lipinski definition) is 3. The summed E-state index contributed by atoms with van der Waals surface area (Å²) in [6, 6.07) is 16.0. The lowest BCUT2D eigenvalue weighted by Crippen LogP contribution is -2.37. The van der Waals surface area contributed by atoms with Gasteiger partial charge < -0.3 is 20.5 Å². The van der Waals surface area contributed by atoms with Crippen molar-refractivity contribution in [2.75, 3.05) is 13.2 Å². The van der Waals surface area contributed by atoms with Crippen molar-refractivity contribution in [1.29, 1.82) is 0 Å². The van der Waals surface area contributed by atoms with E-state index in [1.165, 1.54) is 22.3 Å². The molecule has 0 aromatic heterocycles. The molecule has 0 spiro atoms. The SMILES string of the molecule is CCC[C@H](CC(=O)O)NC(=O)CCC(C)CNC(=O)OCC1c2ccccc2-c2ccccc21. The number of aliphatic carboxylic acids is 1. The van der Waals surface area contributed by atoms with Crippen molar-refractivity contribution in [3.63, 3.8) is 0 Å². The van der Waals surface area contributed by atoms with E-state index in [9.17, 15) is 14.4 Å². The van der Waals surface area contributed by atoms with Crippen molar-refractivity contribution in [2.24, 2.45) is 5.92 Å². The Balaban J connectivity index is 1.41. The lowest BCUT2D eigenvalue weighted by atomic mass is 9.98. The van der Waals surface area contributed by atoms with E-state index in [2.05, 4.69) is 34.9 Å². The highest BCUT2D eigenvalue weighted by molar-refractivity contribution is 5.79. The molecular formula is C27H34N2O5. The predicted octanol–water partition coefficient (Wildman–Crippen LogP) is 4.70. The minimum Gasteiger partial charge on any atom is -0.481 e. The van der Waals surface area contributed by atoms with E-state index in [1.807, 2.05) is 38.1 Å². The van der Waals surface area contributed by atoms with Crippen molar-refractivity contribution in [3.05, 3.63) is 59.7 Å². The van der Waals surface area contributed by atoms with Crippen molar-refractivity contribution < 1.29 is 24.2 Å². The molecule has 0 heterocycles. The smallest absolute Gasteiger partial charge is 0.407 e. The Labute approximate surface area is 200 Å². The lowest BCUT2D eigenvalue weighted by molar-refractivity contribution is -0.137. The standard InChI is InChI=1S/C27H34N2O5/c1-3-8-19(15-26(31)32)29-25(30)14-13-18(2)16-28-27(33)34-17-24-22-11-6-4-9-20(22)21-10-5-7-12-23(21)24/h4-7,9-12,18-19,24H,3,8,13-17H2,1-2H3,(H,28,33)(H,29,30)(H,31,32)/t18?,19-/m1/s1. The number of amides is 2. The van der Waals surface area contributed by atoms with Gasteiger partial charge in [0.15, 0.2) is 0 Å². The minimum atomic E-state index is -0.917. The van der Waals surface area contributed by atoms with Gasteiger partial charge in [0.2, 0.25) is 5.91 Å². The summed E-state index contributed by atoms with van der Waals surface area (Å²) >= 11 is 0. The molecule has 3 N–H and O–H groups in total. The van der Waals surface area contributed by atoms with Crippen LogP contribution in [-0.4, -0.2) is 42.3 Å². The summed E-state index contributed by atoms with van der Waals surface area (Å²) in [6.45, 7) is 4.58. The second-order valence-corrected chi connectivity index (χ2v) is 9.00. The molecule has 0 fully saturated rings. The first kappa shape index (κ1) is 25.3. The number of rotatable bonds is 12. The molecule has 0 saturated heterocycles. The fraction of sp³-hybridized carbons (Fsp3) is 0.444. The molecule has 1 aliphatic rings. The average Bonchev–Trinajstić information content (AvgIpc) is 3.13. The molecule has 182 valence electrons. The van der Waals surface area contributed by atoms with Crippen LogP contribution in [0.4, 0.5) is 4.79 Å². The van der Waals surface area contributed by atoms with E-state index >= 15 is 0 Å². The first-order chi connectivity index (χ1) is 16.4. The maximum absolute atomic E-state index is 12.3. The maximum Gasteiger partial charge on any atom is 0.407 e. The quantitative estimate of drug-likeness (QED) is 0.421. The van der Waals surface area contributed by atoms with E-state index in [1.54, 1.807) is 0 Å². The molecule has 7 heteroatoms. The Hall–Kier alpha value is -3.35. The van der Waals surface area contributed by atoms with Gasteiger partial charge in [-0.1, -0.05) is 68.8 Å². The van der Waals surface area contributed by atoms with E-state index in [4.69, 9.17) is 9.84 Å². The van der Waals surface area contributed by atoms with Gasteiger partial charge in [-0.3, -0.25) is 9.59 Å². The van der Waals surface area contributed by atoms with Crippen molar-refractivity contribution >= 4 is 18.0 Å². The van der Waals surface area contributed by atoms with Crippen molar-refractivity contribution in [2.45, 2.75) is 57.9 Å². The number of carboxylic acids is 1. The Morgan fingerprint density at radius 1 is 1.00 bits per heavy atom. The maximum atomic E-state index is 12.3. The van der Waals surface area contributed by atoms with Crippen LogP contribution in [0.25, 0.3) is 11.1 Å². The third kappa shape index (κ3) is 6.83. The zero-order valence-electron chi connectivity index (χ0n) is 19.9. The normalized spacial score (nSPS) is 13.9. The number of nitrogens with one attached hydrogen (secondary N) is 2. The number of fused-ring (bicyclic) bond motifs is 3. The lowest BCUT2D eigenvalue weighted by Gasteiger charge is -2.18. The van der Waals surface area contributed by atoms with E-state index in [0.717, 1.165) is 6.42 Å². The third-order valence-corrected chi connectivity index (χ3v) is 6.23. The van der Waals surface area contributed by atoms with E-state index < -0.39 is 12.1 Å². The van der Waals surface area contributed by atoms with Crippen molar-refractivity contribution in [1.82, 2.24) is 10.6 Å². The highest BCUT2D eigenvalue weighted by atomic mass is 16.5. The molecule has 2 aromatic rings. The van der Waals surface area contributed by atoms with Crippen LogP contribution in [0.1, 0.15) is 63.0 Å². The van der Waals surface area contributed by atoms with Gasteiger partial charge in [0.25, 0.3) is 0 Å². The zero-order valence-corrected chi connectivity index (χ0v) is 19.9. The first-order valence-corrected chi connectivity index (χ1v) is 12.0. The van der Waals surface area contributed by atoms with Gasteiger partial charge in [-0.15, -0.1) is 0 Å². The second-order valence-electron chi connectivity index (χ2n) is 9.00. The molecule has 1 unspecified atom stereocenters. The summed E-state index contributed by atoms with van der Waals surface area (Å²) in [5, 5.41) is 14.6. The van der Waals surface area contributed by atoms with E-state index in [-0.39, 0.29) is 43.2 Å². The summed E-state index contributed by atoms with van der Waals surface area (Å²) in [6.07, 6.45) is 1.77. The number of carbonyl (C=O) groups is 3. The summed E-state index contributed by atoms with van der Waals surface area (Å²) in [4.78, 5) is 35.4. The molecule has 2 aromatic carbocycles. The molecule has 0 aliphatic heterocycles. The van der Waals surface area contributed by atoms with Crippen LogP contribution in [-0.2, 0) is 14.3 Å². The molecular weight excluding hydrogens is 432 g/mol. The van der Waals surface area contributed by atoms with E-state index in [0.29, 0.717) is 19.4 Å². The minimum absolute atomic E-state index is 0.0149. The zero-order chi connectivity index (χ0) is 24.5. The van der Waals surface area contributed by atoms with Crippen LogP contribution in [0.3, 0.4) is 0 Å². The molecule has 2 atom stereocenters. The highest BCUT2D eigenvalue weighted by Gasteiger charge is 2.29. The molecule has 0 radical (unpaired) electrons. The van der Waals surface area contributed by atoms with Crippen LogP contribution in [0.15, 0.2) is 48.5 Å². The third-order valence-electron chi connectivity index (χ3n) is 6.23. The Bertz CT molecular complexity index is 961. The van der Waals surface area contributed by atoms with Crippen LogP contribution >= 0.6 is 0 Å². The monoisotopic (exact) mass is 466 g/mol. The molecule has 3 rings (SSSR count). The number of ether oxygens (including phenoxy) is 1. The molecule has 7 nitrogen and oxygen atoms in total. The molecule has 0 saturated carbocycles.